The van der Waals surface area contributed by atoms with E-state index in [1.54, 1.807) is 7.11 Å². The second kappa shape index (κ2) is 21.6. The van der Waals surface area contributed by atoms with E-state index < -0.39 is 30.3 Å². The van der Waals surface area contributed by atoms with Crippen molar-refractivity contribution in [3.8, 4) is 0 Å². The standard InChI is InChI=1S/C34H51NO8/c1-3-35-32(38)16-10-5-4-9-15-28-29(31(37)25-30(28)36)20-19-27(18-17-26-13-7-6-8-14-26)43-34(40)22-21-33(39)42-24-12-11-23-41-2/h4,6-9,13-14,19-20,27-31,36-37H,3,5,10-12,15-18,21-25H2,1-2H3,(H,35,38)/b9-4-,20-19+/t27-,28+,29+,30-,31+/m0/s1. The number of unbranched alkanes of at least 4 members (excludes halogenated alkanes) is 2. The lowest BCUT2D eigenvalue weighted by Crippen LogP contribution is -2.22. The van der Waals surface area contributed by atoms with Crippen LogP contribution in [0.1, 0.15) is 76.7 Å². The molecule has 3 N–H and O–H groups in total. The zero-order valence-electron chi connectivity index (χ0n) is 25.8. The van der Waals surface area contributed by atoms with Gasteiger partial charge in [-0.05, 0) is 69.4 Å². The van der Waals surface area contributed by atoms with Crippen molar-refractivity contribution in [1.82, 2.24) is 5.32 Å². The number of aliphatic hydroxyl groups is 2. The highest BCUT2D eigenvalue weighted by Crippen LogP contribution is 2.36. The average Bonchev–Trinajstić information content (AvgIpc) is 3.26. The van der Waals surface area contributed by atoms with Gasteiger partial charge in [0.25, 0.3) is 0 Å². The molecule has 240 valence electrons. The van der Waals surface area contributed by atoms with Gasteiger partial charge in [0.2, 0.25) is 5.91 Å². The number of rotatable bonds is 21. The third-order valence-corrected chi connectivity index (χ3v) is 7.57. The van der Waals surface area contributed by atoms with Crippen molar-refractivity contribution in [2.45, 2.75) is 95.9 Å². The van der Waals surface area contributed by atoms with Crippen LogP contribution in [0.3, 0.4) is 0 Å². The Kier molecular flexibility index (Phi) is 18.2. The molecule has 0 spiro atoms. The number of aliphatic hydroxyl groups excluding tert-OH is 2. The number of allylic oxidation sites excluding steroid dienone is 2. The molecule has 1 aromatic rings. The molecular weight excluding hydrogens is 550 g/mol. The van der Waals surface area contributed by atoms with Gasteiger partial charge in [-0.2, -0.15) is 0 Å². The van der Waals surface area contributed by atoms with Gasteiger partial charge in [0.15, 0.2) is 0 Å². The summed E-state index contributed by atoms with van der Waals surface area (Å²) in [5.74, 6) is -1.34. The van der Waals surface area contributed by atoms with Gasteiger partial charge in [-0.25, -0.2) is 0 Å². The van der Waals surface area contributed by atoms with E-state index in [2.05, 4.69) is 5.32 Å². The first kappa shape index (κ1) is 36.2. The van der Waals surface area contributed by atoms with Gasteiger partial charge >= 0.3 is 11.9 Å². The van der Waals surface area contributed by atoms with Crippen molar-refractivity contribution in [2.24, 2.45) is 11.8 Å². The maximum Gasteiger partial charge on any atom is 0.306 e. The summed E-state index contributed by atoms with van der Waals surface area (Å²) in [6, 6.07) is 9.90. The van der Waals surface area contributed by atoms with Crippen LogP contribution >= 0.6 is 0 Å². The molecule has 0 aromatic heterocycles. The molecule has 0 heterocycles. The first-order valence-electron chi connectivity index (χ1n) is 15.7. The summed E-state index contributed by atoms with van der Waals surface area (Å²) in [6.07, 6.45) is 11.3. The molecule has 2 rings (SSSR count). The normalized spacial score (nSPS) is 20.8. The molecule has 0 bridgehead atoms. The van der Waals surface area contributed by atoms with Gasteiger partial charge in [0.1, 0.15) is 6.10 Å². The van der Waals surface area contributed by atoms with E-state index >= 15 is 0 Å². The van der Waals surface area contributed by atoms with Gasteiger partial charge < -0.3 is 29.7 Å². The molecule has 5 atom stereocenters. The molecule has 1 amide bonds. The molecular formula is C34H51NO8. The monoisotopic (exact) mass is 601 g/mol. The van der Waals surface area contributed by atoms with Crippen molar-refractivity contribution >= 4 is 17.8 Å². The Morgan fingerprint density at radius 2 is 1.72 bits per heavy atom. The van der Waals surface area contributed by atoms with E-state index in [0.29, 0.717) is 51.9 Å². The summed E-state index contributed by atoms with van der Waals surface area (Å²) in [5.41, 5.74) is 1.11. The number of hydrogen-bond acceptors (Lipinski definition) is 8. The third kappa shape index (κ3) is 15.3. The molecule has 1 aromatic carbocycles. The van der Waals surface area contributed by atoms with Gasteiger partial charge in [-0.1, -0.05) is 48.6 Å². The molecule has 9 nitrogen and oxygen atoms in total. The maximum atomic E-state index is 12.7. The van der Waals surface area contributed by atoms with Crippen molar-refractivity contribution in [1.29, 1.82) is 0 Å². The molecule has 0 unspecified atom stereocenters. The lowest BCUT2D eigenvalue weighted by atomic mass is 9.89. The van der Waals surface area contributed by atoms with Gasteiger partial charge in [0.05, 0.1) is 31.7 Å². The van der Waals surface area contributed by atoms with Gasteiger partial charge in [-0.15, -0.1) is 0 Å². The number of esters is 2. The summed E-state index contributed by atoms with van der Waals surface area (Å²) >= 11 is 0. The van der Waals surface area contributed by atoms with Crippen LogP contribution in [-0.4, -0.2) is 73.2 Å². The van der Waals surface area contributed by atoms with Gasteiger partial charge in [0, 0.05) is 39.0 Å². The van der Waals surface area contributed by atoms with Crippen molar-refractivity contribution in [2.75, 3.05) is 26.9 Å². The maximum absolute atomic E-state index is 12.7. The lowest BCUT2D eigenvalue weighted by Gasteiger charge is -2.21. The van der Waals surface area contributed by atoms with Crippen LogP contribution in [0.25, 0.3) is 0 Å². The minimum absolute atomic E-state index is 0.0478. The largest absolute Gasteiger partial charge is 0.466 e. The number of methoxy groups -OCH3 is 1. The number of carbonyl (C=O) groups is 3. The summed E-state index contributed by atoms with van der Waals surface area (Å²) in [4.78, 5) is 36.3. The Labute approximate surface area is 256 Å². The lowest BCUT2D eigenvalue weighted by molar-refractivity contribution is -0.152. The first-order chi connectivity index (χ1) is 20.8. The molecule has 43 heavy (non-hydrogen) atoms. The quantitative estimate of drug-likeness (QED) is 0.107. The Morgan fingerprint density at radius 3 is 2.47 bits per heavy atom. The van der Waals surface area contributed by atoms with E-state index in [0.717, 1.165) is 24.8 Å². The van der Waals surface area contributed by atoms with Crippen LogP contribution in [0.15, 0.2) is 54.6 Å². The number of ether oxygens (including phenoxy) is 3. The van der Waals surface area contributed by atoms with Crippen molar-refractivity contribution in [3.63, 3.8) is 0 Å². The smallest absolute Gasteiger partial charge is 0.306 e. The summed E-state index contributed by atoms with van der Waals surface area (Å²) in [5, 5.41) is 24.1. The number of nitrogens with one attached hydrogen (secondary N) is 1. The summed E-state index contributed by atoms with van der Waals surface area (Å²) in [7, 11) is 1.62. The molecule has 1 saturated carbocycles. The van der Waals surface area contributed by atoms with Crippen LogP contribution in [0.4, 0.5) is 0 Å². The molecule has 1 aliphatic carbocycles. The second-order valence-electron chi connectivity index (χ2n) is 11.0. The predicted molar refractivity (Wildman–Crippen MR) is 165 cm³/mol. The Morgan fingerprint density at radius 1 is 0.977 bits per heavy atom. The number of hydrogen-bond donors (Lipinski definition) is 3. The zero-order valence-corrected chi connectivity index (χ0v) is 25.8. The fourth-order valence-corrected chi connectivity index (χ4v) is 5.18. The van der Waals surface area contributed by atoms with Crippen LogP contribution in [0.2, 0.25) is 0 Å². The number of benzene rings is 1. The average molecular weight is 602 g/mol. The molecule has 1 aliphatic rings. The van der Waals surface area contributed by atoms with Crippen molar-refractivity contribution in [3.05, 3.63) is 60.2 Å². The van der Waals surface area contributed by atoms with Gasteiger partial charge in [-0.3, -0.25) is 14.4 Å². The molecule has 0 aliphatic heterocycles. The molecule has 9 heteroatoms. The Balaban J connectivity index is 1.94. The minimum Gasteiger partial charge on any atom is -0.466 e. The van der Waals surface area contributed by atoms with Crippen LogP contribution in [0.5, 0.6) is 0 Å². The van der Waals surface area contributed by atoms with Crippen LogP contribution in [-0.2, 0) is 35.0 Å². The van der Waals surface area contributed by atoms with E-state index in [-0.39, 0.29) is 37.0 Å². The minimum atomic E-state index is -0.702. The topological polar surface area (TPSA) is 131 Å². The highest BCUT2D eigenvalue weighted by Gasteiger charge is 2.39. The summed E-state index contributed by atoms with van der Waals surface area (Å²) in [6.45, 7) is 3.42. The number of aryl methyl sites for hydroxylation is 1. The summed E-state index contributed by atoms with van der Waals surface area (Å²) < 4.78 is 15.9. The fourth-order valence-electron chi connectivity index (χ4n) is 5.18. The second-order valence-corrected chi connectivity index (χ2v) is 11.0. The van der Waals surface area contributed by atoms with E-state index in [1.165, 1.54) is 0 Å². The molecule has 0 radical (unpaired) electrons. The van der Waals surface area contributed by atoms with E-state index in [9.17, 15) is 24.6 Å². The third-order valence-electron chi connectivity index (χ3n) is 7.57. The zero-order chi connectivity index (χ0) is 31.3. The number of carbonyl (C=O) groups excluding carboxylic acids is 3. The highest BCUT2D eigenvalue weighted by atomic mass is 16.5. The molecule has 0 saturated heterocycles. The fraction of sp³-hybridized carbons (Fsp3) is 0.618. The first-order valence-corrected chi connectivity index (χ1v) is 15.7. The van der Waals surface area contributed by atoms with E-state index in [4.69, 9.17) is 14.2 Å². The van der Waals surface area contributed by atoms with Crippen LogP contribution in [0, 0.1) is 11.8 Å². The van der Waals surface area contributed by atoms with Crippen molar-refractivity contribution < 1.29 is 38.8 Å². The Bertz CT molecular complexity index is 995. The molecule has 1 fully saturated rings. The van der Waals surface area contributed by atoms with Crippen LogP contribution < -0.4 is 5.32 Å². The predicted octanol–water partition coefficient (Wildman–Crippen LogP) is 4.45. The number of amides is 1. The highest BCUT2D eigenvalue weighted by molar-refractivity contribution is 5.77. The van der Waals surface area contributed by atoms with E-state index in [1.807, 2.05) is 61.6 Å². The SMILES string of the molecule is CCNC(=O)CCC/C=C\C[C@@H]1[C@@H](/C=C/[C@H](CCc2ccccc2)OC(=O)CCC(=O)OCCCCOC)[C@H](O)C[C@@H]1O. The Hall–Kier alpha value is -3.01.